The molecule has 4 heteroatoms. The van der Waals surface area contributed by atoms with Gasteiger partial charge in [-0.3, -0.25) is 0 Å². The maximum absolute atomic E-state index is 10.3. The predicted molar refractivity (Wildman–Crippen MR) is 74.3 cm³/mol. The van der Waals surface area contributed by atoms with Crippen molar-refractivity contribution in [2.75, 3.05) is 18.6 Å². The molecule has 0 radical (unpaired) electrons. The second-order valence-electron chi connectivity index (χ2n) is 5.80. The van der Waals surface area contributed by atoms with Crippen molar-refractivity contribution in [3.63, 3.8) is 0 Å². The monoisotopic (exact) mass is 260 g/mol. The van der Waals surface area contributed by atoms with E-state index in [2.05, 4.69) is 24.8 Å². The Morgan fingerprint density at radius 2 is 2.16 bits per heavy atom. The van der Waals surface area contributed by atoms with Crippen LogP contribution in [-0.2, 0) is 0 Å². The first-order valence-electron chi connectivity index (χ1n) is 6.43. The molecule has 0 spiro atoms. The van der Waals surface area contributed by atoms with E-state index in [-0.39, 0.29) is 17.6 Å². The van der Waals surface area contributed by atoms with Crippen LogP contribution in [0.3, 0.4) is 0 Å². The molecule has 2 rings (SSSR count). The van der Waals surface area contributed by atoms with Gasteiger partial charge >= 0.3 is 0 Å². The molecule has 1 saturated heterocycles. The third kappa shape index (κ3) is 2.26. The van der Waals surface area contributed by atoms with Gasteiger partial charge in [0.05, 0.1) is 24.8 Å². The highest BCUT2D eigenvalue weighted by Gasteiger charge is 2.43. The molecule has 102 valence electrons. The van der Waals surface area contributed by atoms with Gasteiger partial charge in [-0.25, -0.2) is 0 Å². The summed E-state index contributed by atoms with van der Waals surface area (Å²) in [7, 11) is 1.56. The Bertz CT molecular complexity index is 519. The highest BCUT2D eigenvalue weighted by Crippen LogP contribution is 2.38. The van der Waals surface area contributed by atoms with Crippen molar-refractivity contribution >= 4 is 5.69 Å². The van der Waals surface area contributed by atoms with Gasteiger partial charge < -0.3 is 14.7 Å². The first-order valence-corrected chi connectivity index (χ1v) is 6.43. The van der Waals surface area contributed by atoms with E-state index in [1.165, 1.54) is 0 Å². The molecule has 0 unspecified atom stereocenters. The molecule has 1 fully saturated rings. The van der Waals surface area contributed by atoms with Crippen LogP contribution in [0.25, 0.3) is 0 Å². The van der Waals surface area contributed by atoms with Gasteiger partial charge in [0, 0.05) is 23.7 Å². The topological polar surface area (TPSA) is 56.5 Å². The van der Waals surface area contributed by atoms with Gasteiger partial charge in [-0.05, 0) is 19.1 Å². The van der Waals surface area contributed by atoms with Crippen LogP contribution in [0.2, 0.25) is 0 Å². The van der Waals surface area contributed by atoms with E-state index in [9.17, 15) is 5.11 Å². The number of anilines is 1. The second kappa shape index (κ2) is 4.75. The van der Waals surface area contributed by atoms with E-state index in [0.29, 0.717) is 11.3 Å². The van der Waals surface area contributed by atoms with Crippen molar-refractivity contribution < 1.29 is 9.84 Å². The summed E-state index contributed by atoms with van der Waals surface area (Å²) >= 11 is 0. The normalized spacial score (nSPS) is 25.2. The molecule has 1 aliphatic heterocycles. The Hall–Kier alpha value is -1.73. The number of hydrogen-bond donors (Lipinski definition) is 1. The molecule has 0 saturated carbocycles. The zero-order valence-corrected chi connectivity index (χ0v) is 11.8. The number of nitrogens with zero attached hydrogens (tertiary/aromatic N) is 2. The van der Waals surface area contributed by atoms with Crippen LogP contribution in [0.5, 0.6) is 5.75 Å². The summed E-state index contributed by atoms with van der Waals surface area (Å²) in [4.78, 5) is 2.16. The third-order valence-electron chi connectivity index (χ3n) is 3.96. The lowest BCUT2D eigenvalue weighted by atomic mass is 9.88. The summed E-state index contributed by atoms with van der Waals surface area (Å²) in [5.41, 5.74) is 1.37. The van der Waals surface area contributed by atoms with Gasteiger partial charge in [0.25, 0.3) is 0 Å². The number of aliphatic hydroxyl groups is 1. The van der Waals surface area contributed by atoms with Gasteiger partial charge in [0.15, 0.2) is 0 Å². The minimum atomic E-state index is -0.367. The molecule has 1 aliphatic rings. The average molecular weight is 260 g/mol. The van der Waals surface area contributed by atoms with Crippen molar-refractivity contribution in [3.05, 3.63) is 23.8 Å². The summed E-state index contributed by atoms with van der Waals surface area (Å²) in [5, 5.41) is 19.3. The summed E-state index contributed by atoms with van der Waals surface area (Å²) in [5.74, 6) is 0.575. The van der Waals surface area contributed by atoms with E-state index >= 15 is 0 Å². The van der Waals surface area contributed by atoms with E-state index in [4.69, 9.17) is 10.00 Å². The molecule has 0 amide bonds. The van der Waals surface area contributed by atoms with Crippen molar-refractivity contribution in [2.24, 2.45) is 5.41 Å². The van der Waals surface area contributed by atoms with Gasteiger partial charge in [-0.1, -0.05) is 13.8 Å². The van der Waals surface area contributed by atoms with Crippen molar-refractivity contribution in [2.45, 2.75) is 32.9 Å². The van der Waals surface area contributed by atoms with Crippen LogP contribution >= 0.6 is 0 Å². The molecule has 1 aromatic carbocycles. The zero-order valence-electron chi connectivity index (χ0n) is 11.8. The molecule has 1 N–H and O–H groups in total. The van der Waals surface area contributed by atoms with Crippen LogP contribution in [0.15, 0.2) is 18.2 Å². The fourth-order valence-electron chi connectivity index (χ4n) is 2.78. The molecule has 0 aliphatic carbocycles. The number of hydrogen-bond acceptors (Lipinski definition) is 4. The van der Waals surface area contributed by atoms with E-state index in [1.807, 2.05) is 19.1 Å². The Morgan fingerprint density at radius 3 is 2.63 bits per heavy atom. The predicted octanol–water partition coefficient (Wildman–Crippen LogP) is 2.16. The minimum absolute atomic E-state index is 0.0487. The Morgan fingerprint density at radius 1 is 1.47 bits per heavy atom. The summed E-state index contributed by atoms with van der Waals surface area (Å²) in [6, 6.07) is 7.69. The number of ether oxygens (including phenoxy) is 1. The van der Waals surface area contributed by atoms with Crippen LogP contribution in [0, 0.1) is 16.7 Å². The fourth-order valence-corrected chi connectivity index (χ4v) is 2.78. The summed E-state index contributed by atoms with van der Waals surface area (Å²) in [6.45, 7) is 6.93. The molecular formula is C15H20N2O2. The Balaban J connectivity index is 2.36. The lowest BCUT2D eigenvalue weighted by Gasteiger charge is -2.25. The maximum Gasteiger partial charge on any atom is 0.138 e. The molecule has 2 atom stereocenters. The quantitative estimate of drug-likeness (QED) is 0.885. The highest BCUT2D eigenvalue weighted by atomic mass is 16.5. The van der Waals surface area contributed by atoms with Crippen molar-refractivity contribution in [1.29, 1.82) is 5.26 Å². The average Bonchev–Trinajstić information content (AvgIpc) is 2.61. The molecule has 4 nitrogen and oxygen atoms in total. The fraction of sp³-hybridized carbons (Fsp3) is 0.533. The van der Waals surface area contributed by atoms with Crippen LogP contribution in [-0.4, -0.2) is 30.9 Å². The molecule has 1 heterocycles. The van der Waals surface area contributed by atoms with Gasteiger partial charge in [-0.2, -0.15) is 5.26 Å². The van der Waals surface area contributed by atoms with Crippen LogP contribution in [0.4, 0.5) is 5.69 Å². The molecule has 0 aromatic heterocycles. The third-order valence-corrected chi connectivity index (χ3v) is 3.96. The number of nitriles is 1. The largest absolute Gasteiger partial charge is 0.495 e. The number of methoxy groups -OCH3 is 1. The van der Waals surface area contributed by atoms with E-state index in [1.54, 1.807) is 13.2 Å². The van der Waals surface area contributed by atoms with Crippen LogP contribution in [0.1, 0.15) is 26.3 Å². The van der Waals surface area contributed by atoms with Crippen LogP contribution < -0.4 is 9.64 Å². The standard InChI is InChI=1S/C15H20N2O2/c1-10-14(18)15(2,3)9-17(10)12-6-5-11(8-16)13(7-12)19-4/h5-7,10,14,18H,9H2,1-4H3/t10-,14-/m1/s1. The SMILES string of the molecule is COc1cc(N2CC(C)(C)[C@H](O)[C@H]2C)ccc1C#N. The highest BCUT2D eigenvalue weighted by molar-refractivity contribution is 5.58. The minimum Gasteiger partial charge on any atom is -0.495 e. The Kier molecular flexibility index (Phi) is 3.42. The lowest BCUT2D eigenvalue weighted by molar-refractivity contribution is 0.0766. The van der Waals surface area contributed by atoms with Gasteiger partial charge in [-0.15, -0.1) is 0 Å². The summed E-state index contributed by atoms with van der Waals surface area (Å²) in [6.07, 6.45) is -0.367. The molecular weight excluding hydrogens is 240 g/mol. The first-order chi connectivity index (χ1) is 8.90. The van der Waals surface area contributed by atoms with Gasteiger partial charge in [0.2, 0.25) is 0 Å². The van der Waals surface area contributed by atoms with Crippen molar-refractivity contribution in [1.82, 2.24) is 0 Å². The van der Waals surface area contributed by atoms with Crippen molar-refractivity contribution in [3.8, 4) is 11.8 Å². The first kappa shape index (κ1) is 13.7. The smallest absolute Gasteiger partial charge is 0.138 e. The maximum atomic E-state index is 10.3. The Labute approximate surface area is 114 Å². The second-order valence-corrected chi connectivity index (χ2v) is 5.80. The number of rotatable bonds is 2. The zero-order chi connectivity index (χ0) is 14.2. The summed E-state index contributed by atoms with van der Waals surface area (Å²) < 4.78 is 5.24. The number of benzene rings is 1. The van der Waals surface area contributed by atoms with E-state index < -0.39 is 0 Å². The molecule has 0 bridgehead atoms. The molecule has 1 aromatic rings. The van der Waals surface area contributed by atoms with Gasteiger partial charge in [0.1, 0.15) is 11.8 Å². The van der Waals surface area contributed by atoms with E-state index in [0.717, 1.165) is 12.2 Å². The lowest BCUT2D eigenvalue weighted by Crippen LogP contribution is -2.33. The molecule has 19 heavy (non-hydrogen) atoms. The number of aliphatic hydroxyl groups excluding tert-OH is 1.